The number of halogens is 3. The lowest BCUT2D eigenvalue weighted by Gasteiger charge is -2.21. The van der Waals surface area contributed by atoms with Gasteiger partial charge in [-0.3, -0.25) is 0 Å². The third-order valence-electron chi connectivity index (χ3n) is 4.40. The summed E-state index contributed by atoms with van der Waals surface area (Å²) in [6.45, 7) is 1.99. The fourth-order valence-corrected chi connectivity index (χ4v) is 3.89. The molecule has 0 N–H and O–H groups in total. The van der Waals surface area contributed by atoms with Crippen molar-refractivity contribution >= 4 is 11.5 Å². The Morgan fingerprint density at radius 2 is 1.92 bits per heavy atom. The Kier molecular flexibility index (Phi) is 3.91. The molecule has 1 aliphatic heterocycles. The zero-order chi connectivity index (χ0) is 18.5. The van der Waals surface area contributed by atoms with E-state index in [1.165, 1.54) is 30.8 Å². The van der Waals surface area contributed by atoms with Crippen LogP contribution in [0.4, 0.5) is 13.2 Å². The molecule has 2 heterocycles. The summed E-state index contributed by atoms with van der Waals surface area (Å²) in [6.07, 6.45) is -2.10. The van der Waals surface area contributed by atoms with Gasteiger partial charge in [0.15, 0.2) is 0 Å². The molecule has 0 spiro atoms. The molecule has 4 rings (SSSR count). The van der Waals surface area contributed by atoms with E-state index in [1.54, 1.807) is 12.3 Å². The first-order valence-corrected chi connectivity index (χ1v) is 8.75. The average Bonchev–Trinajstić information content (AvgIpc) is 3.08. The molecule has 1 aromatic heterocycles. The fourth-order valence-electron chi connectivity index (χ4n) is 3.10. The highest BCUT2D eigenvalue weighted by Gasteiger charge is 2.36. The molecule has 26 heavy (non-hydrogen) atoms. The van der Waals surface area contributed by atoms with Gasteiger partial charge in [0.2, 0.25) is 0 Å². The molecule has 0 saturated carbocycles. The summed E-state index contributed by atoms with van der Waals surface area (Å²) in [4.78, 5) is 0.864. The van der Waals surface area contributed by atoms with E-state index in [-0.39, 0.29) is 5.75 Å². The molecule has 0 radical (unpaired) electrons. The number of aryl methyl sites for hydroxylation is 1. The highest BCUT2D eigenvalue weighted by molar-refractivity contribution is 7.10. The molecule has 2 bridgehead atoms. The predicted molar refractivity (Wildman–Crippen MR) is 94.0 cm³/mol. The van der Waals surface area contributed by atoms with Gasteiger partial charge >= 0.3 is 6.18 Å². The zero-order valence-corrected chi connectivity index (χ0v) is 14.8. The van der Waals surface area contributed by atoms with Gasteiger partial charge in [-0.05, 0) is 47.3 Å². The molecule has 3 nitrogen and oxygen atoms in total. The Balaban J connectivity index is 2.02. The summed E-state index contributed by atoms with van der Waals surface area (Å²) in [5.41, 5.74) is 2.31. The van der Waals surface area contributed by atoms with E-state index in [2.05, 4.69) is 4.37 Å². The smallest absolute Gasteiger partial charge is 0.419 e. The van der Waals surface area contributed by atoms with Crippen LogP contribution in [0.15, 0.2) is 36.5 Å². The minimum absolute atomic E-state index is 0.223. The minimum Gasteiger partial charge on any atom is -0.496 e. The Bertz CT molecular complexity index is 995. The van der Waals surface area contributed by atoms with Crippen LogP contribution >= 0.6 is 11.5 Å². The topological polar surface area (TPSA) is 31.4 Å². The standard InChI is InChI=1S/C19H14F3NO2S/c1-3-10-6-12-16(8-15(10)24-2)25-17-7-11(13-9-23-26-18(12)13)4-5-14(17)19(20,21)22/h4-9H,3H2,1-2H3. The molecule has 0 atom stereocenters. The van der Waals surface area contributed by atoms with E-state index in [4.69, 9.17) is 9.47 Å². The molecule has 3 aromatic rings. The maximum Gasteiger partial charge on any atom is 0.419 e. The number of alkyl halides is 3. The molecule has 0 aliphatic carbocycles. The maximum atomic E-state index is 13.4. The average molecular weight is 377 g/mol. The monoisotopic (exact) mass is 377 g/mol. The third-order valence-corrected chi connectivity index (χ3v) is 5.23. The van der Waals surface area contributed by atoms with Crippen molar-refractivity contribution in [1.82, 2.24) is 4.37 Å². The van der Waals surface area contributed by atoms with E-state index in [9.17, 15) is 13.2 Å². The number of nitrogens with zero attached hydrogens (tertiary/aromatic N) is 1. The molecule has 0 saturated heterocycles. The second-order valence-corrected chi connectivity index (χ2v) is 6.69. The van der Waals surface area contributed by atoms with Crippen LogP contribution in [0.2, 0.25) is 0 Å². The molecular weight excluding hydrogens is 363 g/mol. The number of aromatic nitrogens is 1. The van der Waals surface area contributed by atoms with Crippen molar-refractivity contribution in [1.29, 1.82) is 0 Å². The van der Waals surface area contributed by atoms with Crippen molar-refractivity contribution in [3.63, 3.8) is 0 Å². The van der Waals surface area contributed by atoms with Gasteiger partial charge in [-0.1, -0.05) is 13.0 Å². The Hall–Kier alpha value is -2.54. The molecule has 2 aromatic carbocycles. The van der Waals surface area contributed by atoms with Gasteiger partial charge in [0.25, 0.3) is 0 Å². The summed E-state index contributed by atoms with van der Waals surface area (Å²) in [6, 6.07) is 7.48. The lowest BCUT2D eigenvalue weighted by atomic mass is 9.97. The molecule has 7 heteroatoms. The van der Waals surface area contributed by atoms with Crippen molar-refractivity contribution in [2.75, 3.05) is 7.11 Å². The van der Waals surface area contributed by atoms with Gasteiger partial charge in [0.05, 0.1) is 17.6 Å². The van der Waals surface area contributed by atoms with Crippen molar-refractivity contribution in [3.8, 4) is 38.8 Å². The lowest BCUT2D eigenvalue weighted by Crippen LogP contribution is -2.08. The number of rotatable bonds is 2. The van der Waals surface area contributed by atoms with Crippen molar-refractivity contribution in [2.45, 2.75) is 19.5 Å². The molecule has 134 valence electrons. The lowest BCUT2D eigenvalue weighted by molar-refractivity contribution is -0.138. The van der Waals surface area contributed by atoms with Gasteiger partial charge in [-0.15, -0.1) is 0 Å². The van der Waals surface area contributed by atoms with Crippen LogP contribution in [0.1, 0.15) is 18.1 Å². The number of methoxy groups -OCH3 is 1. The second kappa shape index (κ2) is 6.02. The van der Waals surface area contributed by atoms with E-state index >= 15 is 0 Å². The predicted octanol–water partition coefficient (Wildman–Crippen LogP) is 6.17. The first-order chi connectivity index (χ1) is 12.4. The van der Waals surface area contributed by atoms with E-state index in [0.29, 0.717) is 17.1 Å². The van der Waals surface area contributed by atoms with Gasteiger partial charge in [-0.2, -0.15) is 17.5 Å². The summed E-state index contributed by atoms with van der Waals surface area (Å²) < 4.78 is 55.5. The summed E-state index contributed by atoms with van der Waals surface area (Å²) in [5.74, 6) is 0.689. The molecule has 1 aliphatic rings. The van der Waals surface area contributed by atoms with Crippen LogP contribution < -0.4 is 9.47 Å². The van der Waals surface area contributed by atoms with Gasteiger partial charge in [0.1, 0.15) is 17.2 Å². The molecule has 0 fully saturated rings. The molecule has 0 amide bonds. The minimum atomic E-state index is -4.50. The van der Waals surface area contributed by atoms with Crippen molar-refractivity contribution in [2.24, 2.45) is 0 Å². The first kappa shape index (κ1) is 16.9. The highest BCUT2D eigenvalue weighted by atomic mass is 32.1. The van der Waals surface area contributed by atoms with E-state index in [0.717, 1.165) is 34.1 Å². The van der Waals surface area contributed by atoms with Crippen LogP contribution in [0, 0.1) is 0 Å². The number of benzene rings is 2. The van der Waals surface area contributed by atoms with Gasteiger partial charge < -0.3 is 9.47 Å². The van der Waals surface area contributed by atoms with Crippen LogP contribution in [-0.4, -0.2) is 11.5 Å². The Labute approximate surface area is 152 Å². The normalized spacial score (nSPS) is 12.5. The number of hydrogen-bond donors (Lipinski definition) is 0. The zero-order valence-electron chi connectivity index (χ0n) is 14.0. The van der Waals surface area contributed by atoms with E-state index < -0.39 is 11.7 Å². The molecule has 0 unspecified atom stereocenters. The number of hydrogen-bond acceptors (Lipinski definition) is 4. The van der Waals surface area contributed by atoms with Crippen molar-refractivity contribution < 1.29 is 22.6 Å². The van der Waals surface area contributed by atoms with Crippen LogP contribution in [0.5, 0.6) is 17.2 Å². The van der Waals surface area contributed by atoms with Gasteiger partial charge in [0, 0.05) is 23.4 Å². The van der Waals surface area contributed by atoms with Crippen LogP contribution in [-0.2, 0) is 12.6 Å². The highest BCUT2D eigenvalue weighted by Crippen LogP contribution is 2.49. The fraction of sp³-hybridized carbons (Fsp3) is 0.211. The van der Waals surface area contributed by atoms with Gasteiger partial charge in [-0.25, -0.2) is 0 Å². The first-order valence-electron chi connectivity index (χ1n) is 7.97. The summed E-state index contributed by atoms with van der Waals surface area (Å²) in [5, 5.41) is 0. The van der Waals surface area contributed by atoms with E-state index in [1.807, 2.05) is 13.0 Å². The molecular formula is C19H14F3NO2S. The summed E-state index contributed by atoms with van der Waals surface area (Å²) in [7, 11) is 1.53. The maximum absolute atomic E-state index is 13.4. The SMILES string of the molecule is CCc1cc2c(cc1OC)Oc1cc(ccc1C(F)(F)F)-c1cnsc1-2. The quantitative estimate of drug-likeness (QED) is 0.418. The largest absolute Gasteiger partial charge is 0.496 e. The number of ether oxygens (including phenoxy) is 2. The third kappa shape index (κ3) is 2.63. The second-order valence-electron chi connectivity index (χ2n) is 5.89. The Morgan fingerprint density at radius 3 is 2.62 bits per heavy atom. The van der Waals surface area contributed by atoms with Crippen LogP contribution in [0.25, 0.3) is 21.6 Å². The van der Waals surface area contributed by atoms with Crippen molar-refractivity contribution in [3.05, 3.63) is 47.7 Å². The Morgan fingerprint density at radius 1 is 1.12 bits per heavy atom. The van der Waals surface area contributed by atoms with Crippen LogP contribution in [0.3, 0.4) is 0 Å². The number of fused-ring (bicyclic) bond motifs is 6. The summed E-state index contributed by atoms with van der Waals surface area (Å²) >= 11 is 1.29.